The van der Waals surface area contributed by atoms with Gasteiger partial charge in [0.25, 0.3) is 0 Å². The van der Waals surface area contributed by atoms with Gasteiger partial charge in [0.1, 0.15) is 5.75 Å². The third-order valence-corrected chi connectivity index (χ3v) is 4.35. The number of halogens is 1. The number of anilines is 1. The van der Waals surface area contributed by atoms with Crippen LogP contribution in [-0.4, -0.2) is 35.2 Å². The highest BCUT2D eigenvalue weighted by atomic mass is 35.5. The summed E-state index contributed by atoms with van der Waals surface area (Å²) in [6.45, 7) is 0.621. The predicted molar refractivity (Wildman–Crippen MR) is 93.8 cm³/mol. The fraction of sp³-hybridized carbons (Fsp3) is 0.278. The lowest BCUT2D eigenvalue weighted by Gasteiger charge is -2.24. The molecule has 0 spiro atoms. The summed E-state index contributed by atoms with van der Waals surface area (Å²) in [5, 5.41) is 12.7. The van der Waals surface area contributed by atoms with Crippen molar-refractivity contribution in [2.75, 3.05) is 18.5 Å². The van der Waals surface area contributed by atoms with Gasteiger partial charge in [-0.3, -0.25) is 0 Å². The molecule has 24 heavy (non-hydrogen) atoms. The lowest BCUT2D eigenvalue weighted by Crippen LogP contribution is -2.40. The zero-order chi connectivity index (χ0) is 16.9. The van der Waals surface area contributed by atoms with E-state index in [9.17, 15) is 9.90 Å². The van der Waals surface area contributed by atoms with E-state index in [0.29, 0.717) is 28.8 Å². The number of rotatable bonds is 4. The number of ether oxygens (including phenoxy) is 1. The third kappa shape index (κ3) is 3.63. The first-order valence-corrected chi connectivity index (χ1v) is 8.26. The molecule has 2 amide bonds. The maximum absolute atomic E-state index is 12.5. The summed E-state index contributed by atoms with van der Waals surface area (Å²) in [6, 6.07) is 14.0. The molecule has 2 aromatic carbocycles. The Bertz CT molecular complexity index is 723. The largest absolute Gasteiger partial charge is 0.454 e. The van der Waals surface area contributed by atoms with Gasteiger partial charge >= 0.3 is 6.03 Å². The average molecular weight is 347 g/mol. The molecule has 3 rings (SSSR count). The van der Waals surface area contributed by atoms with E-state index in [0.717, 1.165) is 12.8 Å². The predicted octanol–water partition coefficient (Wildman–Crippen LogP) is 4.12. The van der Waals surface area contributed by atoms with Crippen LogP contribution < -0.4 is 10.1 Å². The Kier molecular flexibility index (Phi) is 5.23. The number of nitrogens with zero attached hydrogens (tertiary/aromatic N) is 1. The molecule has 1 aliphatic rings. The van der Waals surface area contributed by atoms with Crippen LogP contribution in [0, 0.1) is 0 Å². The molecule has 0 aromatic heterocycles. The molecule has 5 nitrogen and oxygen atoms in total. The Labute approximate surface area is 145 Å². The average Bonchev–Trinajstić information content (AvgIpc) is 3.07. The summed E-state index contributed by atoms with van der Waals surface area (Å²) in [7, 11) is 0. The summed E-state index contributed by atoms with van der Waals surface area (Å²) in [4.78, 5) is 14.1. The number of benzene rings is 2. The number of para-hydroxylation sites is 3. The van der Waals surface area contributed by atoms with Crippen LogP contribution in [0.25, 0.3) is 0 Å². The van der Waals surface area contributed by atoms with Crippen LogP contribution >= 0.6 is 11.6 Å². The monoisotopic (exact) mass is 346 g/mol. The Hall–Kier alpha value is -2.24. The van der Waals surface area contributed by atoms with E-state index >= 15 is 0 Å². The van der Waals surface area contributed by atoms with E-state index in [2.05, 4.69) is 5.32 Å². The Morgan fingerprint density at radius 3 is 2.67 bits per heavy atom. The van der Waals surface area contributed by atoms with Gasteiger partial charge in [0.05, 0.1) is 23.4 Å². The minimum Gasteiger partial charge on any atom is -0.454 e. The molecule has 1 atom stereocenters. The molecular formula is C18H19ClN2O3. The van der Waals surface area contributed by atoms with Crippen LogP contribution in [0.15, 0.2) is 48.5 Å². The fourth-order valence-electron chi connectivity index (χ4n) is 2.78. The van der Waals surface area contributed by atoms with Crippen LogP contribution in [0.1, 0.15) is 12.8 Å². The van der Waals surface area contributed by atoms with Gasteiger partial charge in [-0.25, -0.2) is 4.79 Å². The number of nitrogens with one attached hydrogen (secondary N) is 1. The maximum Gasteiger partial charge on any atom is 0.322 e. The molecule has 0 aliphatic carbocycles. The molecule has 1 heterocycles. The molecule has 0 radical (unpaired) electrons. The molecule has 0 saturated carbocycles. The molecular weight excluding hydrogens is 328 g/mol. The number of aliphatic hydroxyl groups is 1. The zero-order valence-corrected chi connectivity index (χ0v) is 13.9. The standard InChI is InChI=1S/C18H19ClN2O3/c19-14-7-1-3-9-16(14)24-17-10-4-2-8-15(17)20-18(23)21-11-5-6-13(21)12-22/h1-4,7-10,13,22H,5-6,11-12H2,(H,20,23)/t13-/m0/s1. The molecule has 1 saturated heterocycles. The van der Waals surface area contributed by atoms with Gasteiger partial charge in [-0.05, 0) is 37.1 Å². The number of hydrogen-bond donors (Lipinski definition) is 2. The topological polar surface area (TPSA) is 61.8 Å². The smallest absolute Gasteiger partial charge is 0.322 e. The number of carbonyl (C=O) groups is 1. The van der Waals surface area contributed by atoms with Gasteiger partial charge in [-0.15, -0.1) is 0 Å². The first-order valence-electron chi connectivity index (χ1n) is 7.89. The number of aliphatic hydroxyl groups excluding tert-OH is 1. The molecule has 126 valence electrons. The SMILES string of the molecule is O=C(Nc1ccccc1Oc1ccccc1Cl)N1CCC[C@H]1CO. The molecule has 6 heteroatoms. The van der Waals surface area contributed by atoms with Gasteiger partial charge < -0.3 is 20.1 Å². The second kappa shape index (κ2) is 7.55. The van der Waals surface area contributed by atoms with Gasteiger partial charge in [0.2, 0.25) is 0 Å². The van der Waals surface area contributed by atoms with E-state index < -0.39 is 0 Å². The number of amides is 2. The van der Waals surface area contributed by atoms with Crippen molar-refractivity contribution in [3.05, 3.63) is 53.6 Å². The van der Waals surface area contributed by atoms with Crippen molar-refractivity contribution in [3.63, 3.8) is 0 Å². The maximum atomic E-state index is 12.5. The van der Waals surface area contributed by atoms with Crippen molar-refractivity contribution >= 4 is 23.3 Å². The highest BCUT2D eigenvalue weighted by Crippen LogP contribution is 2.33. The lowest BCUT2D eigenvalue weighted by atomic mass is 10.2. The summed E-state index contributed by atoms with van der Waals surface area (Å²) in [5.74, 6) is 1.04. The quantitative estimate of drug-likeness (QED) is 0.875. The summed E-state index contributed by atoms with van der Waals surface area (Å²) in [6.07, 6.45) is 1.72. The summed E-state index contributed by atoms with van der Waals surface area (Å²) >= 11 is 6.13. The number of carbonyl (C=O) groups excluding carboxylic acids is 1. The van der Waals surface area contributed by atoms with Gasteiger partial charge in [-0.1, -0.05) is 35.9 Å². The van der Waals surface area contributed by atoms with Crippen LogP contribution in [-0.2, 0) is 0 Å². The molecule has 2 N–H and O–H groups in total. The summed E-state index contributed by atoms with van der Waals surface area (Å²) in [5.41, 5.74) is 0.561. The van der Waals surface area contributed by atoms with Crippen molar-refractivity contribution in [2.45, 2.75) is 18.9 Å². The van der Waals surface area contributed by atoms with Crippen molar-refractivity contribution < 1.29 is 14.6 Å². The van der Waals surface area contributed by atoms with Crippen LogP contribution in [0.2, 0.25) is 5.02 Å². The third-order valence-electron chi connectivity index (χ3n) is 4.03. The van der Waals surface area contributed by atoms with Gasteiger partial charge in [0.15, 0.2) is 5.75 Å². The highest BCUT2D eigenvalue weighted by Gasteiger charge is 2.28. The van der Waals surface area contributed by atoms with Gasteiger partial charge in [0, 0.05) is 6.54 Å². The second-order valence-corrected chi connectivity index (χ2v) is 6.04. The van der Waals surface area contributed by atoms with Crippen LogP contribution in [0.3, 0.4) is 0 Å². The minimum absolute atomic E-state index is 0.0226. The van der Waals surface area contributed by atoms with E-state index in [1.165, 1.54) is 0 Å². The Morgan fingerprint density at radius 1 is 1.21 bits per heavy atom. The molecule has 0 bridgehead atoms. The first-order chi connectivity index (χ1) is 11.7. The van der Waals surface area contributed by atoms with Crippen LogP contribution in [0.4, 0.5) is 10.5 Å². The molecule has 1 aliphatic heterocycles. The zero-order valence-electron chi connectivity index (χ0n) is 13.1. The van der Waals surface area contributed by atoms with E-state index in [4.69, 9.17) is 16.3 Å². The number of likely N-dealkylation sites (tertiary alicyclic amines) is 1. The van der Waals surface area contributed by atoms with Gasteiger partial charge in [-0.2, -0.15) is 0 Å². The fourth-order valence-corrected chi connectivity index (χ4v) is 2.96. The summed E-state index contributed by atoms with van der Waals surface area (Å²) < 4.78 is 5.84. The number of hydrogen-bond acceptors (Lipinski definition) is 3. The number of urea groups is 1. The first kappa shape index (κ1) is 16.6. The van der Waals surface area contributed by atoms with Crippen molar-refractivity contribution in [1.29, 1.82) is 0 Å². The Balaban J connectivity index is 1.77. The normalized spacial score (nSPS) is 16.9. The van der Waals surface area contributed by atoms with E-state index in [1.807, 2.05) is 24.3 Å². The van der Waals surface area contributed by atoms with Crippen molar-refractivity contribution in [3.8, 4) is 11.5 Å². The molecule has 0 unspecified atom stereocenters. The molecule has 1 fully saturated rings. The minimum atomic E-state index is -0.234. The molecule has 2 aromatic rings. The van der Waals surface area contributed by atoms with E-state index in [1.54, 1.807) is 29.2 Å². The van der Waals surface area contributed by atoms with Crippen molar-refractivity contribution in [1.82, 2.24) is 4.90 Å². The van der Waals surface area contributed by atoms with E-state index in [-0.39, 0.29) is 18.7 Å². The van der Waals surface area contributed by atoms with Crippen molar-refractivity contribution in [2.24, 2.45) is 0 Å². The Morgan fingerprint density at radius 2 is 1.92 bits per heavy atom. The lowest BCUT2D eigenvalue weighted by molar-refractivity contribution is 0.166. The highest BCUT2D eigenvalue weighted by molar-refractivity contribution is 6.32. The second-order valence-electron chi connectivity index (χ2n) is 5.63. The van der Waals surface area contributed by atoms with Crippen LogP contribution in [0.5, 0.6) is 11.5 Å².